The molecule has 138 valence electrons. The Kier molecular flexibility index (Phi) is 8.16. The Balaban J connectivity index is 2.08. The smallest absolute Gasteiger partial charge is 0.230 e. The number of carbonyl (C=O) groups is 2. The molecule has 1 aliphatic rings. The molecule has 0 aliphatic carbocycles. The third-order valence-corrected chi connectivity index (χ3v) is 5.31. The molecule has 0 unspecified atom stereocenters. The van der Waals surface area contributed by atoms with Gasteiger partial charge in [0.1, 0.15) is 0 Å². The number of thioether (sulfide) groups is 1. The van der Waals surface area contributed by atoms with Crippen LogP contribution >= 0.6 is 27.7 Å². The van der Waals surface area contributed by atoms with Crippen LogP contribution in [0, 0.1) is 11.3 Å². The van der Waals surface area contributed by atoms with Crippen molar-refractivity contribution < 1.29 is 14.3 Å². The highest BCUT2D eigenvalue weighted by Gasteiger charge is 2.29. The summed E-state index contributed by atoms with van der Waals surface area (Å²) < 4.78 is 5.82. The van der Waals surface area contributed by atoms with E-state index in [4.69, 9.17) is 4.74 Å². The summed E-state index contributed by atoms with van der Waals surface area (Å²) in [5, 5.41) is 15.6. The van der Waals surface area contributed by atoms with Crippen LogP contribution < -0.4 is 10.6 Å². The fraction of sp³-hybridized carbons (Fsp3) is 0.389. The van der Waals surface area contributed by atoms with E-state index in [0.29, 0.717) is 23.8 Å². The number of allylic oxidation sites excluding steroid dienone is 1. The number of methoxy groups -OCH3 is 1. The fourth-order valence-corrected chi connectivity index (χ4v) is 3.90. The van der Waals surface area contributed by atoms with E-state index in [1.807, 2.05) is 24.3 Å². The van der Waals surface area contributed by atoms with Crippen LogP contribution in [0.2, 0.25) is 0 Å². The molecule has 6 nitrogen and oxygen atoms in total. The van der Waals surface area contributed by atoms with Gasteiger partial charge in [-0.15, -0.1) is 0 Å². The first-order valence-electron chi connectivity index (χ1n) is 8.13. The number of hydrogen-bond acceptors (Lipinski definition) is 5. The van der Waals surface area contributed by atoms with Gasteiger partial charge in [0.25, 0.3) is 0 Å². The van der Waals surface area contributed by atoms with Crippen LogP contribution in [-0.2, 0) is 14.3 Å². The molecule has 2 amide bonds. The van der Waals surface area contributed by atoms with Crippen molar-refractivity contribution in [1.82, 2.24) is 10.6 Å². The molecule has 0 radical (unpaired) electrons. The van der Waals surface area contributed by atoms with Gasteiger partial charge in [-0.1, -0.05) is 39.8 Å². The van der Waals surface area contributed by atoms with Crippen molar-refractivity contribution in [3.05, 3.63) is 44.9 Å². The summed E-state index contributed by atoms with van der Waals surface area (Å²) >= 11 is 4.60. The van der Waals surface area contributed by atoms with E-state index in [-0.39, 0.29) is 29.9 Å². The van der Waals surface area contributed by atoms with Crippen LogP contribution in [0.4, 0.5) is 0 Å². The summed E-state index contributed by atoms with van der Waals surface area (Å²) in [7, 11) is 1.61. The molecule has 1 aromatic carbocycles. The predicted octanol–water partition coefficient (Wildman–Crippen LogP) is 2.67. The minimum atomic E-state index is -0.307. The van der Waals surface area contributed by atoms with E-state index in [0.717, 1.165) is 16.5 Å². The number of benzene rings is 1. The van der Waals surface area contributed by atoms with E-state index in [9.17, 15) is 14.9 Å². The lowest BCUT2D eigenvalue weighted by Gasteiger charge is -2.25. The van der Waals surface area contributed by atoms with E-state index >= 15 is 0 Å². The first-order chi connectivity index (χ1) is 12.5. The van der Waals surface area contributed by atoms with Gasteiger partial charge in [0.2, 0.25) is 11.8 Å². The van der Waals surface area contributed by atoms with Crippen LogP contribution in [-0.4, -0.2) is 37.8 Å². The first kappa shape index (κ1) is 20.5. The molecule has 1 heterocycles. The van der Waals surface area contributed by atoms with Gasteiger partial charge >= 0.3 is 0 Å². The minimum absolute atomic E-state index is 0.138. The fourth-order valence-electron chi connectivity index (χ4n) is 2.57. The molecule has 1 atom stereocenters. The maximum absolute atomic E-state index is 12.1. The minimum Gasteiger partial charge on any atom is -0.385 e. The number of hydrogen-bond donors (Lipinski definition) is 2. The summed E-state index contributed by atoms with van der Waals surface area (Å²) in [4.78, 5) is 24.0. The highest BCUT2D eigenvalue weighted by atomic mass is 79.9. The molecule has 0 saturated carbocycles. The van der Waals surface area contributed by atoms with Crippen LogP contribution in [0.3, 0.4) is 0 Å². The summed E-state index contributed by atoms with van der Waals surface area (Å²) in [5.41, 5.74) is 1.38. The summed E-state index contributed by atoms with van der Waals surface area (Å²) in [6.45, 7) is 1.12. The SMILES string of the molecule is COCCCNC(=O)CSC1=C(C#N)[C@@H](c2cccc(Br)c2)CC(=O)N1. The van der Waals surface area contributed by atoms with Crippen molar-refractivity contribution in [2.75, 3.05) is 26.0 Å². The molecular formula is C18H20BrN3O3S. The van der Waals surface area contributed by atoms with E-state index in [1.165, 1.54) is 11.8 Å². The summed E-state index contributed by atoms with van der Waals surface area (Å²) in [5.74, 6) is -0.468. The molecule has 26 heavy (non-hydrogen) atoms. The van der Waals surface area contributed by atoms with Gasteiger partial charge in [0, 0.05) is 37.1 Å². The van der Waals surface area contributed by atoms with Crippen molar-refractivity contribution >= 4 is 39.5 Å². The quantitative estimate of drug-likeness (QED) is 0.609. The molecule has 0 spiro atoms. The summed E-state index contributed by atoms with van der Waals surface area (Å²) in [6.07, 6.45) is 0.952. The number of nitriles is 1. The second kappa shape index (κ2) is 10.4. The van der Waals surface area contributed by atoms with Gasteiger partial charge in [-0.3, -0.25) is 9.59 Å². The zero-order valence-corrected chi connectivity index (χ0v) is 16.8. The van der Waals surface area contributed by atoms with E-state index < -0.39 is 0 Å². The number of nitrogens with one attached hydrogen (secondary N) is 2. The third kappa shape index (κ3) is 5.87. The van der Waals surface area contributed by atoms with Gasteiger partial charge in [-0.2, -0.15) is 5.26 Å². The Labute approximate surface area is 165 Å². The Bertz CT molecular complexity index is 745. The van der Waals surface area contributed by atoms with Gasteiger partial charge in [-0.25, -0.2) is 0 Å². The lowest BCUT2D eigenvalue weighted by Crippen LogP contribution is -2.32. The maximum Gasteiger partial charge on any atom is 0.230 e. The summed E-state index contributed by atoms with van der Waals surface area (Å²) in [6, 6.07) is 9.78. The largest absolute Gasteiger partial charge is 0.385 e. The average Bonchev–Trinajstić information content (AvgIpc) is 2.63. The zero-order chi connectivity index (χ0) is 18.9. The van der Waals surface area contributed by atoms with Crippen molar-refractivity contribution in [3.63, 3.8) is 0 Å². The Morgan fingerprint density at radius 2 is 2.35 bits per heavy atom. The first-order valence-corrected chi connectivity index (χ1v) is 9.91. The lowest BCUT2D eigenvalue weighted by atomic mass is 9.87. The Morgan fingerprint density at radius 3 is 3.04 bits per heavy atom. The molecule has 2 rings (SSSR count). The molecule has 0 fully saturated rings. The Morgan fingerprint density at radius 1 is 1.54 bits per heavy atom. The highest BCUT2D eigenvalue weighted by molar-refractivity contribution is 9.10. The van der Waals surface area contributed by atoms with E-state index in [2.05, 4.69) is 32.6 Å². The average molecular weight is 438 g/mol. The highest BCUT2D eigenvalue weighted by Crippen LogP contribution is 2.36. The molecule has 1 aromatic rings. The standard InChI is InChI=1S/C18H20BrN3O3S/c1-25-7-3-6-21-17(24)11-26-18-15(10-20)14(9-16(23)22-18)12-4-2-5-13(19)8-12/h2,4-5,8,14H,3,6-7,9,11H2,1H3,(H,21,24)(H,22,23)/t14-/m1/s1. The van der Waals surface area contributed by atoms with Crippen LogP contribution in [0.1, 0.15) is 24.3 Å². The molecule has 0 saturated heterocycles. The van der Waals surface area contributed by atoms with Crippen molar-refractivity contribution in [3.8, 4) is 6.07 Å². The van der Waals surface area contributed by atoms with Gasteiger partial charge in [-0.05, 0) is 24.1 Å². The van der Waals surface area contributed by atoms with Crippen molar-refractivity contribution in [2.24, 2.45) is 0 Å². The van der Waals surface area contributed by atoms with Crippen LogP contribution in [0.25, 0.3) is 0 Å². The number of rotatable bonds is 8. The van der Waals surface area contributed by atoms with Crippen LogP contribution in [0.15, 0.2) is 39.3 Å². The Hall–Kier alpha value is -1.82. The molecular weight excluding hydrogens is 418 g/mol. The predicted molar refractivity (Wildman–Crippen MR) is 104 cm³/mol. The zero-order valence-electron chi connectivity index (χ0n) is 14.4. The topological polar surface area (TPSA) is 91.2 Å². The third-order valence-electron chi connectivity index (χ3n) is 3.80. The number of carbonyl (C=O) groups excluding carboxylic acids is 2. The molecule has 0 bridgehead atoms. The normalized spacial score (nSPS) is 16.8. The second-order valence-electron chi connectivity index (χ2n) is 5.70. The number of ether oxygens (including phenoxy) is 1. The molecule has 1 aliphatic heterocycles. The van der Waals surface area contributed by atoms with Gasteiger partial charge in [0.15, 0.2) is 0 Å². The monoisotopic (exact) mass is 437 g/mol. The molecule has 2 N–H and O–H groups in total. The van der Waals surface area contributed by atoms with Gasteiger partial charge < -0.3 is 15.4 Å². The second-order valence-corrected chi connectivity index (χ2v) is 7.60. The maximum atomic E-state index is 12.1. The van der Waals surface area contributed by atoms with Crippen molar-refractivity contribution in [1.29, 1.82) is 5.26 Å². The van der Waals surface area contributed by atoms with Crippen LogP contribution in [0.5, 0.6) is 0 Å². The molecule has 0 aromatic heterocycles. The lowest BCUT2D eigenvalue weighted by molar-refractivity contribution is -0.121. The van der Waals surface area contributed by atoms with Gasteiger partial charge in [0.05, 0.1) is 22.4 Å². The number of nitrogens with zero attached hydrogens (tertiary/aromatic N) is 1. The number of amides is 2. The van der Waals surface area contributed by atoms with Crippen molar-refractivity contribution in [2.45, 2.75) is 18.8 Å². The van der Waals surface area contributed by atoms with E-state index in [1.54, 1.807) is 7.11 Å². The number of halogens is 1. The molecule has 8 heteroatoms.